The maximum absolute atomic E-state index is 11.7. The molecule has 1 rings (SSSR count). The summed E-state index contributed by atoms with van der Waals surface area (Å²) < 4.78 is 0. The van der Waals surface area contributed by atoms with Crippen LogP contribution in [-0.4, -0.2) is 30.7 Å². The van der Waals surface area contributed by atoms with Gasteiger partial charge in [0.05, 0.1) is 0 Å². The molecular formula is C12H19N3O. The molecule has 0 saturated carbocycles. The van der Waals surface area contributed by atoms with Crippen molar-refractivity contribution >= 4 is 5.91 Å². The molecule has 16 heavy (non-hydrogen) atoms. The molecular weight excluding hydrogens is 202 g/mol. The summed E-state index contributed by atoms with van der Waals surface area (Å²) in [4.78, 5) is 13.6. The van der Waals surface area contributed by atoms with Gasteiger partial charge in [-0.2, -0.15) is 0 Å². The van der Waals surface area contributed by atoms with E-state index in [-0.39, 0.29) is 5.91 Å². The standard InChI is InChI=1S/C12H19N3O/c1-3-9-15(2)12(13)14-11(16)10-7-5-4-6-8-10/h4-8,12H,3,9,13H2,1-2H3,(H,14,16). The molecule has 3 N–H and O–H groups in total. The van der Waals surface area contributed by atoms with Gasteiger partial charge in [0.1, 0.15) is 6.29 Å². The summed E-state index contributed by atoms with van der Waals surface area (Å²) in [6, 6.07) is 9.07. The Balaban J connectivity index is 2.52. The lowest BCUT2D eigenvalue weighted by atomic mass is 10.2. The molecule has 88 valence electrons. The predicted molar refractivity (Wildman–Crippen MR) is 64.8 cm³/mol. The van der Waals surface area contributed by atoms with E-state index in [9.17, 15) is 4.79 Å². The van der Waals surface area contributed by atoms with Gasteiger partial charge in [-0.1, -0.05) is 25.1 Å². The van der Waals surface area contributed by atoms with Crippen molar-refractivity contribution in [3.8, 4) is 0 Å². The molecule has 1 atom stereocenters. The number of nitrogens with one attached hydrogen (secondary N) is 1. The van der Waals surface area contributed by atoms with Crippen molar-refractivity contribution in [3.05, 3.63) is 35.9 Å². The van der Waals surface area contributed by atoms with Gasteiger partial charge in [0.15, 0.2) is 0 Å². The van der Waals surface area contributed by atoms with Crippen LogP contribution in [0.5, 0.6) is 0 Å². The normalized spacial score (nSPS) is 12.5. The number of amides is 1. The van der Waals surface area contributed by atoms with E-state index < -0.39 is 6.29 Å². The van der Waals surface area contributed by atoms with Crippen molar-refractivity contribution in [2.75, 3.05) is 13.6 Å². The molecule has 0 aliphatic rings. The van der Waals surface area contributed by atoms with E-state index in [4.69, 9.17) is 5.73 Å². The molecule has 1 aromatic rings. The molecule has 0 bridgehead atoms. The molecule has 0 radical (unpaired) electrons. The molecule has 0 fully saturated rings. The van der Waals surface area contributed by atoms with Gasteiger partial charge in [-0.15, -0.1) is 0 Å². The topological polar surface area (TPSA) is 58.4 Å². The molecule has 0 saturated heterocycles. The number of nitrogens with zero attached hydrogens (tertiary/aromatic N) is 1. The van der Waals surface area contributed by atoms with Crippen LogP contribution in [0, 0.1) is 0 Å². The van der Waals surface area contributed by atoms with E-state index in [2.05, 4.69) is 12.2 Å². The zero-order valence-electron chi connectivity index (χ0n) is 9.81. The van der Waals surface area contributed by atoms with E-state index in [0.717, 1.165) is 13.0 Å². The van der Waals surface area contributed by atoms with Gasteiger partial charge in [-0.05, 0) is 25.6 Å². The van der Waals surface area contributed by atoms with Gasteiger partial charge in [-0.3, -0.25) is 15.4 Å². The molecule has 1 unspecified atom stereocenters. The first kappa shape index (κ1) is 12.7. The number of nitrogens with two attached hydrogens (primary N) is 1. The fourth-order valence-electron chi connectivity index (χ4n) is 1.41. The van der Waals surface area contributed by atoms with Crippen LogP contribution in [0.2, 0.25) is 0 Å². The van der Waals surface area contributed by atoms with Crippen molar-refractivity contribution < 1.29 is 4.79 Å². The zero-order chi connectivity index (χ0) is 12.0. The van der Waals surface area contributed by atoms with E-state index >= 15 is 0 Å². The van der Waals surface area contributed by atoms with E-state index in [1.165, 1.54) is 0 Å². The van der Waals surface area contributed by atoms with Crippen molar-refractivity contribution in [1.82, 2.24) is 10.2 Å². The third-order valence-corrected chi connectivity index (χ3v) is 2.37. The van der Waals surface area contributed by atoms with Gasteiger partial charge >= 0.3 is 0 Å². The quantitative estimate of drug-likeness (QED) is 0.729. The molecule has 0 aliphatic heterocycles. The lowest BCUT2D eigenvalue weighted by Crippen LogP contribution is -2.52. The van der Waals surface area contributed by atoms with Crippen LogP contribution in [0.3, 0.4) is 0 Å². The fourth-order valence-corrected chi connectivity index (χ4v) is 1.41. The number of benzene rings is 1. The Morgan fingerprint density at radius 3 is 2.62 bits per heavy atom. The van der Waals surface area contributed by atoms with E-state index in [0.29, 0.717) is 5.56 Å². The highest BCUT2D eigenvalue weighted by atomic mass is 16.2. The number of carbonyl (C=O) groups excluding carboxylic acids is 1. The SMILES string of the molecule is CCCN(C)C(N)NC(=O)c1ccccc1. The third kappa shape index (κ3) is 3.64. The molecule has 0 aliphatic carbocycles. The van der Waals surface area contributed by atoms with E-state index in [1.54, 1.807) is 12.1 Å². The predicted octanol–water partition coefficient (Wildman–Crippen LogP) is 1.00. The smallest absolute Gasteiger partial charge is 0.253 e. The molecule has 4 heteroatoms. The van der Waals surface area contributed by atoms with Crippen LogP contribution in [0.4, 0.5) is 0 Å². The molecule has 0 heterocycles. The summed E-state index contributed by atoms with van der Waals surface area (Å²) >= 11 is 0. The second kappa shape index (κ2) is 6.25. The van der Waals surface area contributed by atoms with Gasteiger partial charge < -0.3 is 5.32 Å². The summed E-state index contributed by atoms with van der Waals surface area (Å²) in [6.07, 6.45) is 0.568. The summed E-state index contributed by atoms with van der Waals surface area (Å²) in [5.74, 6) is -0.143. The van der Waals surface area contributed by atoms with Gasteiger partial charge in [0.2, 0.25) is 0 Å². The van der Waals surface area contributed by atoms with Crippen LogP contribution < -0.4 is 11.1 Å². The van der Waals surface area contributed by atoms with Crippen LogP contribution in [-0.2, 0) is 0 Å². The highest BCUT2D eigenvalue weighted by Crippen LogP contribution is 1.98. The van der Waals surface area contributed by atoms with Gasteiger partial charge in [0.25, 0.3) is 5.91 Å². The van der Waals surface area contributed by atoms with Crippen molar-refractivity contribution in [2.24, 2.45) is 5.73 Å². The van der Waals surface area contributed by atoms with Gasteiger partial charge in [0, 0.05) is 12.1 Å². The number of carbonyl (C=O) groups is 1. The summed E-state index contributed by atoms with van der Waals surface area (Å²) in [5, 5.41) is 2.75. The van der Waals surface area contributed by atoms with Crippen LogP contribution in [0.25, 0.3) is 0 Å². The third-order valence-electron chi connectivity index (χ3n) is 2.37. The first-order chi connectivity index (χ1) is 7.65. The Bertz CT molecular complexity index is 326. The number of hydrogen-bond acceptors (Lipinski definition) is 3. The second-order valence-corrected chi connectivity index (χ2v) is 3.76. The first-order valence-corrected chi connectivity index (χ1v) is 5.47. The lowest BCUT2D eigenvalue weighted by Gasteiger charge is -2.24. The Labute approximate surface area is 96.4 Å². The minimum absolute atomic E-state index is 0.143. The minimum atomic E-state index is -0.437. The van der Waals surface area contributed by atoms with Crippen LogP contribution in [0.1, 0.15) is 23.7 Å². The Kier molecular flexibility index (Phi) is 4.95. The molecule has 1 amide bonds. The average molecular weight is 221 g/mol. The molecule has 1 aromatic carbocycles. The Hall–Kier alpha value is -1.39. The van der Waals surface area contributed by atoms with Crippen LogP contribution >= 0.6 is 0 Å². The second-order valence-electron chi connectivity index (χ2n) is 3.76. The van der Waals surface area contributed by atoms with Crippen molar-refractivity contribution in [1.29, 1.82) is 0 Å². The number of hydrogen-bond donors (Lipinski definition) is 2. The summed E-state index contributed by atoms with van der Waals surface area (Å²) in [7, 11) is 1.89. The lowest BCUT2D eigenvalue weighted by molar-refractivity contribution is 0.0878. The maximum atomic E-state index is 11.7. The molecule has 4 nitrogen and oxygen atoms in total. The molecule has 0 spiro atoms. The monoisotopic (exact) mass is 221 g/mol. The minimum Gasteiger partial charge on any atom is -0.324 e. The highest BCUT2D eigenvalue weighted by molar-refractivity contribution is 5.94. The largest absolute Gasteiger partial charge is 0.324 e. The summed E-state index contributed by atoms with van der Waals surface area (Å²) in [6.45, 7) is 2.93. The van der Waals surface area contributed by atoms with E-state index in [1.807, 2.05) is 30.1 Å². The Morgan fingerprint density at radius 2 is 2.06 bits per heavy atom. The molecule has 0 aromatic heterocycles. The van der Waals surface area contributed by atoms with Gasteiger partial charge in [-0.25, -0.2) is 0 Å². The highest BCUT2D eigenvalue weighted by Gasteiger charge is 2.12. The fraction of sp³-hybridized carbons (Fsp3) is 0.417. The average Bonchev–Trinajstić information content (AvgIpc) is 2.30. The zero-order valence-corrected chi connectivity index (χ0v) is 9.81. The van der Waals surface area contributed by atoms with Crippen LogP contribution in [0.15, 0.2) is 30.3 Å². The first-order valence-electron chi connectivity index (χ1n) is 5.47. The van der Waals surface area contributed by atoms with Crippen molar-refractivity contribution in [3.63, 3.8) is 0 Å². The van der Waals surface area contributed by atoms with Crippen molar-refractivity contribution in [2.45, 2.75) is 19.6 Å². The maximum Gasteiger partial charge on any atom is 0.253 e. The Morgan fingerprint density at radius 1 is 1.44 bits per heavy atom. The summed E-state index contributed by atoms with van der Waals surface area (Å²) in [5.41, 5.74) is 6.46. The number of rotatable bonds is 5.